The summed E-state index contributed by atoms with van der Waals surface area (Å²) < 4.78 is 45.6. The summed E-state index contributed by atoms with van der Waals surface area (Å²) in [7, 11) is 41.3. The van der Waals surface area contributed by atoms with E-state index in [4.69, 9.17) is 84.1 Å². The maximum Gasteiger partial charge on any atom is 0.404 e. The standard InChI is InChI=1S/C45H40B15O10/c46-53-58(69-40-21-5-32(6-22-40)55(48)30-1-13-36(14-2-30)63-25-42-26-64-42)44(62)28-66-38-17-11-35(12-18-38)57(60(50)51)34-9-15-37(16-10-34)65-27-43(61)52-68-39-19-3-31(4-20-39)56(49)33-7-23-41(24-8-33)70-59(54-47)45-29-67-45/h1-24,42-45,61-62H,25-29H2. The van der Waals surface area contributed by atoms with Gasteiger partial charge in [0, 0.05) is 52.8 Å². The summed E-state index contributed by atoms with van der Waals surface area (Å²) in [6.07, 6.45) is -0.532. The van der Waals surface area contributed by atoms with Crippen LogP contribution in [0.15, 0.2) is 146 Å². The van der Waals surface area contributed by atoms with Crippen LogP contribution in [0.2, 0.25) is 0 Å². The molecule has 0 aliphatic carbocycles. The van der Waals surface area contributed by atoms with Gasteiger partial charge in [0.15, 0.2) is 19.8 Å². The maximum absolute atomic E-state index is 11.0. The second-order valence-electron chi connectivity index (χ2n) is 17.1. The number of ether oxygens (including phenoxy) is 5. The normalized spacial score (nSPS) is 15.2. The molecule has 0 aromatic heterocycles. The second-order valence-corrected chi connectivity index (χ2v) is 17.1. The molecule has 0 amide bonds. The van der Waals surface area contributed by atoms with Crippen LogP contribution < -0.4 is 61.0 Å². The van der Waals surface area contributed by atoms with Gasteiger partial charge in [0.2, 0.25) is 0 Å². The predicted molar refractivity (Wildman–Crippen MR) is 293 cm³/mol. The van der Waals surface area contributed by atoms with E-state index in [1.165, 1.54) is 21.6 Å². The molecule has 2 N–H and O–H groups in total. The highest BCUT2D eigenvalue weighted by molar-refractivity contribution is 7.63. The van der Waals surface area contributed by atoms with Crippen molar-refractivity contribution >= 4 is 141 Å². The van der Waals surface area contributed by atoms with Crippen LogP contribution in [-0.2, 0) is 9.47 Å². The van der Waals surface area contributed by atoms with E-state index in [1.54, 1.807) is 48.5 Å². The Bertz CT molecular complexity index is 2510. The SMILES string of the molecule is [B][B]B(Oc1ccc(B([B])c2ccc(OCC3CO3)cc2)cc1)C(O)COc1ccc(B(B([B])[B])c2ccc(OCC(O)[B]Oc3ccc(B([B])c4ccc(OB([B][B])C5CO5)cc4)cc3)cc2)cc1. The van der Waals surface area contributed by atoms with Crippen LogP contribution in [0.3, 0.4) is 0 Å². The minimum Gasteiger partial charge on any atom is -0.567 e. The largest absolute Gasteiger partial charge is 0.567 e. The second kappa shape index (κ2) is 24.9. The van der Waals surface area contributed by atoms with Crippen molar-refractivity contribution < 1.29 is 47.9 Å². The van der Waals surface area contributed by atoms with E-state index in [0.717, 1.165) is 45.1 Å². The maximum atomic E-state index is 11.0. The fourth-order valence-electron chi connectivity index (χ4n) is 7.65. The highest BCUT2D eigenvalue weighted by Gasteiger charge is 2.37. The van der Waals surface area contributed by atoms with Crippen molar-refractivity contribution in [2.24, 2.45) is 0 Å². The molecule has 2 saturated heterocycles. The molecule has 8 rings (SSSR count). The third-order valence-corrected chi connectivity index (χ3v) is 11.9. The minimum absolute atomic E-state index is 0.00312. The summed E-state index contributed by atoms with van der Waals surface area (Å²) >= 11 is 0. The van der Waals surface area contributed by atoms with Crippen LogP contribution in [0.1, 0.15) is 0 Å². The van der Waals surface area contributed by atoms with Crippen molar-refractivity contribution in [2.45, 2.75) is 24.1 Å². The van der Waals surface area contributed by atoms with E-state index >= 15 is 0 Å². The van der Waals surface area contributed by atoms with Crippen LogP contribution in [0.5, 0.6) is 34.5 Å². The smallest absolute Gasteiger partial charge is 0.404 e. The molecular formula is C45H40B15O10. The van der Waals surface area contributed by atoms with Gasteiger partial charge in [-0.05, 0) is 72.8 Å². The fourth-order valence-corrected chi connectivity index (χ4v) is 7.65. The highest BCUT2D eigenvalue weighted by atomic mass is 16.6. The number of hydrogen-bond acceptors (Lipinski definition) is 10. The van der Waals surface area contributed by atoms with E-state index in [9.17, 15) is 10.2 Å². The first-order valence-corrected chi connectivity index (χ1v) is 23.1. The Morgan fingerprint density at radius 1 is 0.514 bits per heavy atom. The molecule has 10 nitrogen and oxygen atoms in total. The van der Waals surface area contributed by atoms with Gasteiger partial charge in [0.05, 0.1) is 56.6 Å². The molecule has 2 aliphatic heterocycles. The number of aliphatic hydroxyl groups excluding tert-OH is 2. The first-order valence-electron chi connectivity index (χ1n) is 23.1. The van der Waals surface area contributed by atoms with Gasteiger partial charge in [0.1, 0.15) is 49.2 Å². The zero-order valence-electron chi connectivity index (χ0n) is 38.5. The summed E-state index contributed by atoms with van der Waals surface area (Å²) in [5.41, 5.74) is 5.35. The number of rotatable bonds is 27. The third kappa shape index (κ3) is 14.5. The Balaban J connectivity index is 0.753. The molecule has 4 unspecified atom stereocenters. The molecule has 0 bridgehead atoms. The summed E-state index contributed by atoms with van der Waals surface area (Å²) in [5, 5.41) is 21.6. The van der Waals surface area contributed by atoms with Crippen LogP contribution >= 0.6 is 0 Å². The Hall–Kier alpha value is -5.07. The van der Waals surface area contributed by atoms with E-state index < -0.39 is 25.2 Å². The summed E-state index contributed by atoms with van der Waals surface area (Å²) in [5.74, 6) is 3.55. The summed E-state index contributed by atoms with van der Waals surface area (Å²) in [4.78, 5) is 0. The Morgan fingerprint density at radius 2 is 0.929 bits per heavy atom. The molecule has 6 aromatic rings. The lowest BCUT2D eigenvalue weighted by Crippen LogP contribution is -2.55. The molecule has 2 aliphatic rings. The molecule has 4 atom stereocenters. The number of aliphatic hydroxyl groups is 2. The monoisotopic (exact) mass is 905 g/mol. The molecule has 15 radical (unpaired) electrons. The molecule has 70 heavy (non-hydrogen) atoms. The zero-order chi connectivity index (χ0) is 49.0. The Kier molecular flexibility index (Phi) is 18.2. The van der Waals surface area contributed by atoms with Crippen molar-refractivity contribution in [3.05, 3.63) is 146 Å². The van der Waals surface area contributed by atoms with Crippen molar-refractivity contribution in [2.75, 3.05) is 33.0 Å². The van der Waals surface area contributed by atoms with Gasteiger partial charge in [-0.3, -0.25) is 0 Å². The average molecular weight is 903 g/mol. The minimum atomic E-state index is -1.07. The van der Waals surface area contributed by atoms with E-state index in [0.29, 0.717) is 42.0 Å². The van der Waals surface area contributed by atoms with Crippen LogP contribution in [0.25, 0.3) is 0 Å². The van der Waals surface area contributed by atoms with Crippen LogP contribution in [-0.4, -0.2) is 175 Å². The number of hydrogen-bond donors (Lipinski definition) is 2. The molecular weight excluding hydrogens is 863 g/mol. The van der Waals surface area contributed by atoms with Gasteiger partial charge < -0.3 is 47.9 Å². The molecule has 2 fully saturated rings. The van der Waals surface area contributed by atoms with Crippen molar-refractivity contribution in [3.63, 3.8) is 0 Å². The summed E-state index contributed by atoms with van der Waals surface area (Å²) in [6.45, 7) is -0.425. The summed E-state index contributed by atoms with van der Waals surface area (Å²) in [6, 6.07) is 42.4. The molecule has 325 valence electrons. The van der Waals surface area contributed by atoms with Crippen LogP contribution in [0, 0.1) is 0 Å². The average Bonchev–Trinajstić information content (AvgIpc) is 4.35. The molecule has 6 aromatic carbocycles. The van der Waals surface area contributed by atoms with Crippen molar-refractivity contribution in [1.82, 2.24) is 0 Å². The molecule has 0 saturated carbocycles. The van der Waals surface area contributed by atoms with Gasteiger partial charge in [-0.1, -0.05) is 106 Å². The topological polar surface area (TPSA) is 121 Å². The lowest BCUT2D eigenvalue weighted by molar-refractivity contribution is 0.156. The quantitative estimate of drug-likeness (QED) is 0.0414. The number of benzene rings is 6. The van der Waals surface area contributed by atoms with Gasteiger partial charge >= 0.3 is 21.1 Å². The van der Waals surface area contributed by atoms with E-state index in [-0.39, 0.29) is 51.9 Å². The lowest BCUT2D eigenvalue weighted by Gasteiger charge is -2.22. The van der Waals surface area contributed by atoms with Gasteiger partial charge in [-0.25, -0.2) is 0 Å². The predicted octanol–water partition coefficient (Wildman–Crippen LogP) is -2.85. The fraction of sp³-hybridized carbons (Fsp3) is 0.200. The van der Waals surface area contributed by atoms with Crippen LogP contribution in [0.4, 0.5) is 0 Å². The highest BCUT2D eigenvalue weighted by Crippen LogP contribution is 2.19. The van der Waals surface area contributed by atoms with Crippen molar-refractivity contribution in [3.8, 4) is 34.5 Å². The molecule has 2 heterocycles. The Morgan fingerprint density at radius 3 is 1.36 bits per heavy atom. The van der Waals surface area contributed by atoms with E-state index in [2.05, 4.69) is 0 Å². The van der Waals surface area contributed by atoms with E-state index in [1.807, 2.05) is 97.1 Å². The molecule has 25 heteroatoms. The number of epoxide rings is 2. The third-order valence-electron chi connectivity index (χ3n) is 11.9. The first kappa shape index (κ1) is 51.3. The van der Waals surface area contributed by atoms with Gasteiger partial charge in [0.25, 0.3) is 0 Å². The Labute approximate surface area is 423 Å². The van der Waals surface area contributed by atoms with Crippen molar-refractivity contribution in [1.29, 1.82) is 0 Å². The lowest BCUT2D eigenvalue weighted by atomic mass is 8.90. The zero-order valence-corrected chi connectivity index (χ0v) is 38.5. The van der Waals surface area contributed by atoms with Gasteiger partial charge in [-0.15, -0.1) is 0 Å². The van der Waals surface area contributed by atoms with Gasteiger partial charge in [-0.2, -0.15) is 0 Å². The molecule has 0 spiro atoms. The first-order chi connectivity index (χ1) is 34.0.